The summed E-state index contributed by atoms with van der Waals surface area (Å²) in [7, 11) is 2.18. The van der Waals surface area contributed by atoms with Crippen LogP contribution in [-0.2, 0) is 0 Å². The highest BCUT2D eigenvalue weighted by Crippen LogP contribution is 2.17. The Morgan fingerprint density at radius 1 is 1.35 bits per heavy atom. The molecule has 0 amide bonds. The molecular formula is C12H19BrN4. The molecule has 1 fully saturated rings. The molecule has 1 N–H and O–H groups in total. The molecule has 4 nitrogen and oxygen atoms in total. The molecule has 0 aliphatic carbocycles. The predicted molar refractivity (Wildman–Crippen MR) is 74.4 cm³/mol. The van der Waals surface area contributed by atoms with Gasteiger partial charge >= 0.3 is 0 Å². The highest BCUT2D eigenvalue weighted by Gasteiger charge is 2.12. The lowest BCUT2D eigenvalue weighted by Crippen LogP contribution is -2.45. The van der Waals surface area contributed by atoms with Gasteiger partial charge in [-0.25, -0.2) is 4.98 Å². The van der Waals surface area contributed by atoms with Gasteiger partial charge in [0.15, 0.2) is 0 Å². The highest BCUT2D eigenvalue weighted by atomic mass is 79.9. The average Bonchev–Trinajstić information content (AvgIpc) is 2.34. The number of pyridine rings is 1. The van der Waals surface area contributed by atoms with Gasteiger partial charge in [0.05, 0.1) is 4.47 Å². The van der Waals surface area contributed by atoms with Gasteiger partial charge in [-0.3, -0.25) is 4.90 Å². The van der Waals surface area contributed by atoms with Crippen LogP contribution in [0.4, 0.5) is 5.82 Å². The van der Waals surface area contributed by atoms with E-state index in [9.17, 15) is 0 Å². The minimum Gasteiger partial charge on any atom is -0.368 e. The molecule has 0 saturated carbocycles. The van der Waals surface area contributed by atoms with Gasteiger partial charge in [-0.15, -0.1) is 0 Å². The van der Waals surface area contributed by atoms with Crippen LogP contribution in [0.15, 0.2) is 22.8 Å². The highest BCUT2D eigenvalue weighted by molar-refractivity contribution is 9.10. The number of piperazine rings is 1. The van der Waals surface area contributed by atoms with Gasteiger partial charge in [0, 0.05) is 45.5 Å². The van der Waals surface area contributed by atoms with Gasteiger partial charge in [0.25, 0.3) is 0 Å². The van der Waals surface area contributed by atoms with E-state index in [0.717, 1.165) is 23.4 Å². The summed E-state index contributed by atoms with van der Waals surface area (Å²) in [5.41, 5.74) is 0. The molecule has 0 unspecified atom stereocenters. The van der Waals surface area contributed by atoms with E-state index < -0.39 is 0 Å². The standard InChI is InChI=1S/C12H19BrN4/c1-16-7-9-17(10-8-16)6-5-15-12-11(13)3-2-4-14-12/h2-4H,5-10H2,1H3,(H,14,15). The zero-order valence-electron chi connectivity index (χ0n) is 10.2. The first kappa shape index (κ1) is 12.8. The minimum atomic E-state index is 0.932. The van der Waals surface area contributed by atoms with E-state index in [4.69, 9.17) is 0 Å². The number of likely N-dealkylation sites (N-methyl/N-ethyl adjacent to an activating group) is 1. The summed E-state index contributed by atoms with van der Waals surface area (Å²) in [6.07, 6.45) is 1.81. The molecule has 1 aliphatic heterocycles. The topological polar surface area (TPSA) is 31.4 Å². The molecule has 0 aromatic carbocycles. The minimum absolute atomic E-state index is 0.932. The molecule has 2 heterocycles. The molecule has 1 saturated heterocycles. The third-order valence-corrected chi connectivity index (χ3v) is 3.71. The predicted octanol–water partition coefficient (Wildman–Crippen LogP) is 1.50. The van der Waals surface area contributed by atoms with Crippen molar-refractivity contribution in [2.45, 2.75) is 0 Å². The summed E-state index contributed by atoms with van der Waals surface area (Å²) in [4.78, 5) is 9.15. The SMILES string of the molecule is CN1CCN(CCNc2ncccc2Br)CC1. The van der Waals surface area contributed by atoms with Crippen LogP contribution in [0.5, 0.6) is 0 Å². The number of nitrogens with zero attached hydrogens (tertiary/aromatic N) is 3. The second-order valence-corrected chi connectivity index (χ2v) is 5.26. The van der Waals surface area contributed by atoms with Crippen molar-refractivity contribution >= 4 is 21.7 Å². The number of rotatable bonds is 4. The number of hydrogen-bond donors (Lipinski definition) is 1. The normalized spacial score (nSPS) is 18.2. The van der Waals surface area contributed by atoms with E-state index in [1.54, 1.807) is 0 Å². The molecule has 2 rings (SSSR count). The Kier molecular flexibility index (Phi) is 4.76. The van der Waals surface area contributed by atoms with E-state index >= 15 is 0 Å². The monoisotopic (exact) mass is 298 g/mol. The van der Waals surface area contributed by atoms with Crippen molar-refractivity contribution in [1.82, 2.24) is 14.8 Å². The maximum absolute atomic E-state index is 4.29. The van der Waals surface area contributed by atoms with Gasteiger partial charge in [0.2, 0.25) is 0 Å². The van der Waals surface area contributed by atoms with Crippen molar-refractivity contribution in [1.29, 1.82) is 0 Å². The second-order valence-electron chi connectivity index (χ2n) is 4.41. The summed E-state index contributed by atoms with van der Waals surface area (Å²) in [5, 5.41) is 3.36. The fourth-order valence-corrected chi connectivity index (χ4v) is 2.31. The summed E-state index contributed by atoms with van der Waals surface area (Å²) in [6, 6.07) is 3.93. The lowest BCUT2D eigenvalue weighted by atomic mass is 10.3. The van der Waals surface area contributed by atoms with E-state index in [-0.39, 0.29) is 0 Å². The zero-order valence-corrected chi connectivity index (χ0v) is 11.8. The van der Waals surface area contributed by atoms with Crippen LogP contribution in [0.3, 0.4) is 0 Å². The average molecular weight is 299 g/mol. The van der Waals surface area contributed by atoms with Crippen molar-refractivity contribution < 1.29 is 0 Å². The third kappa shape index (κ3) is 3.94. The molecule has 17 heavy (non-hydrogen) atoms. The fourth-order valence-electron chi connectivity index (χ4n) is 1.92. The van der Waals surface area contributed by atoms with Gasteiger partial charge in [-0.05, 0) is 35.1 Å². The Hall–Kier alpha value is -0.650. The van der Waals surface area contributed by atoms with Gasteiger partial charge in [0.1, 0.15) is 5.82 Å². The number of aromatic nitrogens is 1. The van der Waals surface area contributed by atoms with Crippen LogP contribution in [0.25, 0.3) is 0 Å². The van der Waals surface area contributed by atoms with Crippen molar-refractivity contribution in [3.8, 4) is 0 Å². The summed E-state index contributed by atoms with van der Waals surface area (Å²) < 4.78 is 1.03. The number of anilines is 1. The molecule has 5 heteroatoms. The quantitative estimate of drug-likeness (QED) is 0.913. The lowest BCUT2D eigenvalue weighted by molar-refractivity contribution is 0.158. The largest absolute Gasteiger partial charge is 0.368 e. The van der Waals surface area contributed by atoms with Crippen LogP contribution in [0.2, 0.25) is 0 Å². The van der Waals surface area contributed by atoms with Crippen LogP contribution in [0.1, 0.15) is 0 Å². The molecule has 1 aliphatic rings. The molecule has 1 aromatic heterocycles. The van der Waals surface area contributed by atoms with Crippen molar-refractivity contribution in [2.75, 3.05) is 51.6 Å². The Morgan fingerprint density at radius 3 is 2.82 bits per heavy atom. The molecular weight excluding hydrogens is 280 g/mol. The Morgan fingerprint density at radius 2 is 2.12 bits per heavy atom. The number of halogens is 1. The second kappa shape index (κ2) is 6.33. The van der Waals surface area contributed by atoms with Gasteiger partial charge in [-0.1, -0.05) is 0 Å². The maximum atomic E-state index is 4.29. The summed E-state index contributed by atoms with van der Waals surface area (Å²) in [5.74, 6) is 0.932. The summed E-state index contributed by atoms with van der Waals surface area (Å²) >= 11 is 3.49. The van der Waals surface area contributed by atoms with Gasteiger partial charge < -0.3 is 10.2 Å². The zero-order chi connectivity index (χ0) is 12.1. The van der Waals surface area contributed by atoms with Gasteiger partial charge in [-0.2, -0.15) is 0 Å². The fraction of sp³-hybridized carbons (Fsp3) is 0.583. The summed E-state index contributed by atoms with van der Waals surface area (Å²) in [6.45, 7) is 6.71. The number of nitrogens with one attached hydrogen (secondary N) is 1. The van der Waals surface area contributed by atoms with Crippen LogP contribution < -0.4 is 5.32 Å². The Balaban J connectivity index is 1.71. The first-order chi connectivity index (χ1) is 8.25. The van der Waals surface area contributed by atoms with Crippen molar-refractivity contribution in [3.63, 3.8) is 0 Å². The molecule has 0 spiro atoms. The van der Waals surface area contributed by atoms with Crippen LogP contribution >= 0.6 is 15.9 Å². The van der Waals surface area contributed by atoms with Crippen LogP contribution in [-0.4, -0.2) is 61.1 Å². The molecule has 94 valence electrons. The van der Waals surface area contributed by atoms with E-state index in [2.05, 4.69) is 43.1 Å². The van der Waals surface area contributed by atoms with Crippen molar-refractivity contribution in [3.05, 3.63) is 22.8 Å². The number of hydrogen-bond acceptors (Lipinski definition) is 4. The smallest absolute Gasteiger partial charge is 0.140 e. The first-order valence-electron chi connectivity index (χ1n) is 6.01. The van der Waals surface area contributed by atoms with E-state index in [0.29, 0.717) is 0 Å². The molecule has 0 radical (unpaired) electrons. The third-order valence-electron chi connectivity index (χ3n) is 3.07. The lowest BCUT2D eigenvalue weighted by Gasteiger charge is -2.32. The van der Waals surface area contributed by atoms with E-state index in [1.807, 2.05) is 18.3 Å². The van der Waals surface area contributed by atoms with E-state index in [1.165, 1.54) is 26.2 Å². The molecule has 1 aromatic rings. The first-order valence-corrected chi connectivity index (χ1v) is 6.80. The maximum Gasteiger partial charge on any atom is 0.140 e. The Labute approximate surface area is 111 Å². The Bertz CT molecular complexity index is 350. The van der Waals surface area contributed by atoms with Crippen molar-refractivity contribution in [2.24, 2.45) is 0 Å². The van der Waals surface area contributed by atoms with Crippen LogP contribution in [0, 0.1) is 0 Å². The molecule has 0 bridgehead atoms. The molecule has 0 atom stereocenters.